The summed E-state index contributed by atoms with van der Waals surface area (Å²) in [4.78, 5) is 24.7. The highest BCUT2D eigenvalue weighted by Crippen LogP contribution is 2.28. The van der Waals surface area contributed by atoms with Gasteiger partial charge in [0.1, 0.15) is 0 Å². The molecular weight excluding hydrogens is 537 g/mol. The average Bonchev–Trinajstić information content (AvgIpc) is 3.28. The van der Waals surface area contributed by atoms with Crippen molar-refractivity contribution < 1.29 is 19.1 Å². The molecule has 0 spiro atoms. The number of ether oxygens (including phenoxy) is 2. The number of allylic oxidation sites excluding steroid dienone is 1. The summed E-state index contributed by atoms with van der Waals surface area (Å²) in [5.74, 6) is 1.24. The predicted molar refractivity (Wildman–Crippen MR) is 146 cm³/mol. The van der Waals surface area contributed by atoms with Gasteiger partial charge in [-0.3, -0.25) is 9.59 Å². The first-order valence-corrected chi connectivity index (χ1v) is 12.7. The van der Waals surface area contributed by atoms with E-state index in [-0.39, 0.29) is 24.1 Å². The zero-order chi connectivity index (χ0) is 26.8. The number of rotatable bonds is 12. The van der Waals surface area contributed by atoms with E-state index in [0.29, 0.717) is 44.8 Å². The fraction of sp³-hybridized carbons (Fsp3) is 0.200. The number of methoxy groups -OCH3 is 2. The predicted octanol–water partition coefficient (Wildman–Crippen LogP) is 4.85. The van der Waals surface area contributed by atoms with Gasteiger partial charge in [-0.15, -0.1) is 16.8 Å². The Hall–Kier alpha value is -3.47. The van der Waals surface area contributed by atoms with Crippen LogP contribution in [0.25, 0.3) is 6.08 Å². The minimum Gasteiger partial charge on any atom is -0.493 e. The van der Waals surface area contributed by atoms with E-state index >= 15 is 0 Å². The lowest BCUT2D eigenvalue weighted by atomic mass is 10.2. The molecule has 0 saturated carbocycles. The molecule has 1 aromatic heterocycles. The molecule has 194 valence electrons. The Kier molecular flexibility index (Phi) is 10.4. The Morgan fingerprint density at radius 1 is 1.08 bits per heavy atom. The van der Waals surface area contributed by atoms with Crippen LogP contribution in [0.15, 0.2) is 60.3 Å². The van der Waals surface area contributed by atoms with E-state index < -0.39 is 0 Å². The van der Waals surface area contributed by atoms with Gasteiger partial charge in [-0.1, -0.05) is 47.1 Å². The van der Waals surface area contributed by atoms with Crippen LogP contribution in [0.3, 0.4) is 0 Å². The molecule has 0 radical (unpaired) electrons. The third-order valence-corrected chi connectivity index (χ3v) is 6.60. The van der Waals surface area contributed by atoms with Crippen LogP contribution in [0, 0.1) is 0 Å². The summed E-state index contributed by atoms with van der Waals surface area (Å²) in [5.41, 5.74) is 1.32. The van der Waals surface area contributed by atoms with Crippen LogP contribution in [0.1, 0.15) is 11.4 Å². The average molecular weight is 562 g/mol. The molecule has 0 aliphatic heterocycles. The number of anilines is 1. The smallest absolute Gasteiger partial charge is 0.244 e. The van der Waals surface area contributed by atoms with Gasteiger partial charge < -0.3 is 24.7 Å². The lowest BCUT2D eigenvalue weighted by Gasteiger charge is -2.09. The van der Waals surface area contributed by atoms with Gasteiger partial charge in [-0.2, -0.15) is 0 Å². The molecule has 0 atom stereocenters. The first kappa shape index (κ1) is 28.1. The van der Waals surface area contributed by atoms with Crippen LogP contribution in [0.5, 0.6) is 11.5 Å². The molecule has 12 heteroatoms. The molecule has 2 amide bonds. The molecule has 3 aromatic rings. The summed E-state index contributed by atoms with van der Waals surface area (Å²) < 4.78 is 12.3. The summed E-state index contributed by atoms with van der Waals surface area (Å²) in [6, 6.07) is 10.2. The van der Waals surface area contributed by atoms with Crippen molar-refractivity contribution in [3.8, 4) is 11.5 Å². The molecule has 0 unspecified atom stereocenters. The van der Waals surface area contributed by atoms with Crippen LogP contribution >= 0.6 is 35.0 Å². The van der Waals surface area contributed by atoms with Gasteiger partial charge in [0.05, 0.1) is 36.6 Å². The van der Waals surface area contributed by atoms with E-state index in [1.165, 1.54) is 17.8 Å². The van der Waals surface area contributed by atoms with Crippen LogP contribution in [-0.4, -0.2) is 46.6 Å². The van der Waals surface area contributed by atoms with Crippen molar-refractivity contribution >= 4 is 58.5 Å². The van der Waals surface area contributed by atoms with E-state index in [9.17, 15) is 9.59 Å². The maximum Gasteiger partial charge on any atom is 0.244 e. The zero-order valence-electron chi connectivity index (χ0n) is 20.2. The van der Waals surface area contributed by atoms with Crippen molar-refractivity contribution in [2.45, 2.75) is 18.2 Å². The Bertz CT molecular complexity index is 1310. The van der Waals surface area contributed by atoms with Crippen molar-refractivity contribution in [3.63, 3.8) is 0 Å². The van der Waals surface area contributed by atoms with E-state index in [2.05, 4.69) is 27.4 Å². The number of halogens is 2. The number of benzene rings is 2. The molecule has 0 aliphatic rings. The van der Waals surface area contributed by atoms with Gasteiger partial charge in [-0.05, 0) is 42.0 Å². The number of carbonyl (C=O) groups is 2. The third-order valence-electron chi connectivity index (χ3n) is 4.90. The second kappa shape index (κ2) is 13.7. The fourth-order valence-corrected chi connectivity index (χ4v) is 4.19. The standard InChI is InChI=1S/C25H25Cl2N5O4S/c1-4-11-32-22(14-28-23(33)10-6-16-5-9-20(35-2)21(12-16)36-3)30-31-25(32)37-15-24(34)29-17-7-8-18(26)19(27)13-17/h4-10,12-13H,1,11,14-15H2,2-3H3,(H,28,33)(H,29,34). The second-order valence-electron chi connectivity index (χ2n) is 7.43. The normalized spacial score (nSPS) is 10.8. The molecule has 1 heterocycles. The molecule has 2 N–H and O–H groups in total. The molecule has 2 aromatic carbocycles. The Labute approximate surface area is 228 Å². The quantitative estimate of drug-likeness (QED) is 0.185. The maximum atomic E-state index is 12.4. The number of aromatic nitrogens is 3. The van der Waals surface area contributed by atoms with Gasteiger partial charge in [0.25, 0.3) is 0 Å². The monoisotopic (exact) mass is 561 g/mol. The lowest BCUT2D eigenvalue weighted by molar-refractivity contribution is -0.116. The van der Waals surface area contributed by atoms with Crippen molar-refractivity contribution in [3.05, 3.63) is 76.6 Å². The van der Waals surface area contributed by atoms with E-state index in [0.717, 1.165) is 5.56 Å². The number of amides is 2. The first-order valence-electron chi connectivity index (χ1n) is 10.9. The minimum absolute atomic E-state index is 0.0932. The molecule has 0 saturated heterocycles. The van der Waals surface area contributed by atoms with Crippen LogP contribution in [0.4, 0.5) is 5.69 Å². The summed E-state index contributed by atoms with van der Waals surface area (Å²) in [5, 5.41) is 15.1. The topological polar surface area (TPSA) is 107 Å². The first-order chi connectivity index (χ1) is 17.8. The van der Waals surface area contributed by atoms with E-state index in [4.69, 9.17) is 32.7 Å². The number of hydrogen-bond donors (Lipinski definition) is 2. The van der Waals surface area contributed by atoms with Gasteiger partial charge in [0.2, 0.25) is 11.8 Å². The highest BCUT2D eigenvalue weighted by Gasteiger charge is 2.14. The maximum absolute atomic E-state index is 12.4. The van der Waals surface area contributed by atoms with Crippen LogP contribution in [0.2, 0.25) is 10.0 Å². The van der Waals surface area contributed by atoms with Gasteiger partial charge in [0, 0.05) is 18.3 Å². The van der Waals surface area contributed by atoms with E-state index in [1.807, 2.05) is 6.07 Å². The number of nitrogens with one attached hydrogen (secondary N) is 2. The van der Waals surface area contributed by atoms with E-state index in [1.54, 1.807) is 61.3 Å². The van der Waals surface area contributed by atoms with Crippen molar-refractivity contribution in [1.29, 1.82) is 0 Å². The second-order valence-corrected chi connectivity index (χ2v) is 9.19. The summed E-state index contributed by atoms with van der Waals surface area (Å²) in [6.45, 7) is 4.32. The molecule has 3 rings (SSSR count). The molecular formula is C25H25Cl2N5O4S. The Balaban J connectivity index is 1.57. The fourth-order valence-electron chi connectivity index (χ4n) is 3.12. The van der Waals surface area contributed by atoms with Crippen molar-refractivity contribution in [1.82, 2.24) is 20.1 Å². The lowest BCUT2D eigenvalue weighted by Crippen LogP contribution is -2.23. The van der Waals surface area contributed by atoms with Crippen LogP contribution < -0.4 is 20.1 Å². The Morgan fingerprint density at radius 3 is 2.57 bits per heavy atom. The molecule has 0 bridgehead atoms. The minimum atomic E-state index is -0.307. The molecule has 0 fully saturated rings. The van der Waals surface area contributed by atoms with Gasteiger partial charge in [0.15, 0.2) is 22.5 Å². The summed E-state index contributed by atoms with van der Waals surface area (Å²) in [6.07, 6.45) is 4.77. The van der Waals surface area contributed by atoms with Crippen molar-refractivity contribution in [2.24, 2.45) is 0 Å². The van der Waals surface area contributed by atoms with Crippen LogP contribution in [-0.2, 0) is 22.7 Å². The zero-order valence-corrected chi connectivity index (χ0v) is 22.5. The third kappa shape index (κ3) is 8.01. The van der Waals surface area contributed by atoms with Gasteiger partial charge >= 0.3 is 0 Å². The molecule has 37 heavy (non-hydrogen) atoms. The molecule has 9 nitrogen and oxygen atoms in total. The SMILES string of the molecule is C=CCn1c(CNC(=O)C=Cc2ccc(OC)c(OC)c2)nnc1SCC(=O)Nc1ccc(Cl)c(Cl)c1. The number of nitrogens with zero attached hydrogens (tertiary/aromatic N) is 3. The number of carbonyl (C=O) groups excluding carboxylic acids is 2. The molecule has 0 aliphatic carbocycles. The number of hydrogen-bond acceptors (Lipinski definition) is 7. The number of thioether (sulfide) groups is 1. The van der Waals surface area contributed by atoms with Gasteiger partial charge in [-0.25, -0.2) is 0 Å². The summed E-state index contributed by atoms with van der Waals surface area (Å²) in [7, 11) is 3.11. The Morgan fingerprint density at radius 2 is 1.86 bits per heavy atom. The van der Waals surface area contributed by atoms with Crippen molar-refractivity contribution in [2.75, 3.05) is 25.3 Å². The largest absolute Gasteiger partial charge is 0.493 e. The highest BCUT2D eigenvalue weighted by molar-refractivity contribution is 7.99. The highest BCUT2D eigenvalue weighted by atomic mass is 35.5. The summed E-state index contributed by atoms with van der Waals surface area (Å²) >= 11 is 13.1.